The normalized spacial score (nSPS) is 18.6. The van der Waals surface area contributed by atoms with Crippen molar-refractivity contribution in [2.45, 2.75) is 12.8 Å². The van der Waals surface area contributed by atoms with Crippen molar-refractivity contribution in [2.24, 2.45) is 5.41 Å². The first-order chi connectivity index (χ1) is 8.75. The lowest BCUT2D eigenvalue weighted by atomic mass is 9.78. The minimum absolute atomic E-state index is 0.00717. The van der Waals surface area contributed by atoms with Crippen molar-refractivity contribution in [2.75, 3.05) is 53.2 Å². The van der Waals surface area contributed by atoms with Crippen molar-refractivity contribution < 1.29 is 19.4 Å². The summed E-state index contributed by atoms with van der Waals surface area (Å²) in [6.45, 7) is 3.36. The first kappa shape index (κ1) is 15.4. The van der Waals surface area contributed by atoms with Gasteiger partial charge >= 0.3 is 0 Å². The van der Waals surface area contributed by atoms with E-state index in [1.165, 1.54) is 0 Å². The molecule has 1 aliphatic heterocycles. The van der Waals surface area contributed by atoms with Gasteiger partial charge in [-0.3, -0.25) is 4.79 Å². The van der Waals surface area contributed by atoms with Crippen LogP contribution in [0.2, 0.25) is 0 Å². The smallest absolute Gasteiger partial charge is 0.228 e. The molecule has 0 aromatic rings. The maximum Gasteiger partial charge on any atom is 0.228 e. The number of carbonyl (C=O) groups excluding carboxylic acids is 1. The Labute approximate surface area is 108 Å². The van der Waals surface area contributed by atoms with Crippen LogP contribution in [0.1, 0.15) is 12.8 Å². The second-order valence-electron chi connectivity index (χ2n) is 4.56. The maximum absolute atomic E-state index is 12.2. The van der Waals surface area contributed by atoms with Gasteiger partial charge in [0.05, 0.1) is 31.8 Å². The van der Waals surface area contributed by atoms with Gasteiger partial charge in [0.1, 0.15) is 0 Å². The lowest BCUT2D eigenvalue weighted by Gasteiger charge is -2.35. The molecule has 0 saturated carbocycles. The average molecular weight is 260 g/mol. The summed E-state index contributed by atoms with van der Waals surface area (Å²) in [6.07, 6.45) is 1.59. The molecular formula is C12H24N2O4. The van der Waals surface area contributed by atoms with Crippen molar-refractivity contribution in [1.82, 2.24) is 10.6 Å². The van der Waals surface area contributed by atoms with Crippen molar-refractivity contribution in [3.63, 3.8) is 0 Å². The molecule has 1 amide bonds. The van der Waals surface area contributed by atoms with Crippen LogP contribution in [-0.4, -0.2) is 64.2 Å². The molecular weight excluding hydrogens is 236 g/mol. The van der Waals surface area contributed by atoms with Gasteiger partial charge in [-0.2, -0.15) is 0 Å². The van der Waals surface area contributed by atoms with Gasteiger partial charge in [-0.25, -0.2) is 0 Å². The second-order valence-corrected chi connectivity index (χ2v) is 4.56. The van der Waals surface area contributed by atoms with Crippen LogP contribution < -0.4 is 10.6 Å². The summed E-state index contributed by atoms with van der Waals surface area (Å²) in [6, 6.07) is 0. The minimum atomic E-state index is -0.406. The van der Waals surface area contributed by atoms with Crippen molar-refractivity contribution in [3.8, 4) is 0 Å². The number of methoxy groups -OCH3 is 1. The molecule has 6 heteroatoms. The number of nitrogens with one attached hydrogen (secondary N) is 2. The molecule has 1 rings (SSSR count). The number of aliphatic hydroxyl groups excluding tert-OH is 1. The van der Waals surface area contributed by atoms with Crippen LogP contribution in [0.15, 0.2) is 0 Å². The van der Waals surface area contributed by atoms with E-state index in [4.69, 9.17) is 14.6 Å². The summed E-state index contributed by atoms with van der Waals surface area (Å²) in [4.78, 5) is 12.2. The summed E-state index contributed by atoms with van der Waals surface area (Å²) in [5.74, 6) is 0.0402. The van der Waals surface area contributed by atoms with Crippen LogP contribution in [0.5, 0.6) is 0 Å². The van der Waals surface area contributed by atoms with Crippen molar-refractivity contribution in [1.29, 1.82) is 0 Å². The highest BCUT2D eigenvalue weighted by atomic mass is 16.5. The van der Waals surface area contributed by atoms with E-state index in [0.29, 0.717) is 26.4 Å². The lowest BCUT2D eigenvalue weighted by molar-refractivity contribution is -0.136. The Morgan fingerprint density at radius 3 is 2.72 bits per heavy atom. The standard InChI is InChI=1S/C12H24N2O4/c1-17-10-12(2-4-13-5-3-12)11(16)14-6-8-18-9-7-15/h13,15H,2-10H2,1H3,(H,14,16). The fraction of sp³-hybridized carbons (Fsp3) is 0.917. The van der Waals surface area contributed by atoms with E-state index in [1.807, 2.05) is 0 Å². The van der Waals surface area contributed by atoms with Crippen LogP contribution >= 0.6 is 0 Å². The molecule has 6 nitrogen and oxygen atoms in total. The molecule has 3 N–H and O–H groups in total. The van der Waals surface area contributed by atoms with E-state index >= 15 is 0 Å². The molecule has 1 aliphatic rings. The van der Waals surface area contributed by atoms with E-state index in [-0.39, 0.29) is 12.5 Å². The maximum atomic E-state index is 12.2. The SMILES string of the molecule is COCC1(C(=O)NCCOCCO)CCNCC1. The van der Waals surface area contributed by atoms with Crippen LogP contribution in [-0.2, 0) is 14.3 Å². The average Bonchev–Trinajstić information content (AvgIpc) is 2.39. The van der Waals surface area contributed by atoms with Gasteiger partial charge in [0, 0.05) is 13.7 Å². The van der Waals surface area contributed by atoms with Crippen molar-refractivity contribution in [3.05, 3.63) is 0 Å². The highest BCUT2D eigenvalue weighted by molar-refractivity contribution is 5.83. The summed E-state index contributed by atoms with van der Waals surface area (Å²) < 4.78 is 10.3. The summed E-state index contributed by atoms with van der Waals surface area (Å²) in [7, 11) is 1.63. The number of rotatable bonds is 8. The Balaban J connectivity index is 2.35. The van der Waals surface area contributed by atoms with Crippen molar-refractivity contribution >= 4 is 5.91 Å². The van der Waals surface area contributed by atoms with E-state index in [2.05, 4.69) is 10.6 Å². The molecule has 1 saturated heterocycles. The third kappa shape index (κ3) is 4.53. The Morgan fingerprint density at radius 2 is 2.11 bits per heavy atom. The quantitative estimate of drug-likeness (QED) is 0.494. The molecule has 0 aromatic heterocycles. The molecule has 0 radical (unpaired) electrons. The second kappa shape index (κ2) is 8.42. The van der Waals surface area contributed by atoms with Gasteiger partial charge in [0.15, 0.2) is 0 Å². The highest BCUT2D eigenvalue weighted by Crippen LogP contribution is 2.29. The first-order valence-corrected chi connectivity index (χ1v) is 6.42. The van der Waals surface area contributed by atoms with Crippen LogP contribution in [0.3, 0.4) is 0 Å². The molecule has 18 heavy (non-hydrogen) atoms. The zero-order valence-electron chi connectivity index (χ0n) is 11.0. The van der Waals surface area contributed by atoms with Crippen LogP contribution in [0.25, 0.3) is 0 Å². The topological polar surface area (TPSA) is 79.8 Å². The van der Waals surface area contributed by atoms with Gasteiger partial charge in [0.25, 0.3) is 0 Å². The molecule has 0 aromatic carbocycles. The van der Waals surface area contributed by atoms with Gasteiger partial charge in [0.2, 0.25) is 5.91 Å². The van der Waals surface area contributed by atoms with Gasteiger partial charge in [-0.05, 0) is 25.9 Å². The predicted molar refractivity (Wildman–Crippen MR) is 67.3 cm³/mol. The molecule has 0 aliphatic carbocycles. The Morgan fingerprint density at radius 1 is 1.39 bits per heavy atom. The Hall–Kier alpha value is -0.690. The highest BCUT2D eigenvalue weighted by Gasteiger charge is 2.39. The van der Waals surface area contributed by atoms with Gasteiger partial charge in [-0.1, -0.05) is 0 Å². The van der Waals surface area contributed by atoms with Crippen LogP contribution in [0.4, 0.5) is 0 Å². The molecule has 1 heterocycles. The minimum Gasteiger partial charge on any atom is -0.394 e. The van der Waals surface area contributed by atoms with E-state index in [0.717, 1.165) is 25.9 Å². The van der Waals surface area contributed by atoms with E-state index in [1.54, 1.807) is 7.11 Å². The van der Waals surface area contributed by atoms with E-state index in [9.17, 15) is 4.79 Å². The zero-order chi connectivity index (χ0) is 13.3. The number of hydrogen-bond donors (Lipinski definition) is 3. The number of carbonyl (C=O) groups is 1. The first-order valence-electron chi connectivity index (χ1n) is 6.42. The number of piperidine rings is 1. The van der Waals surface area contributed by atoms with Crippen LogP contribution in [0, 0.1) is 5.41 Å². The molecule has 0 unspecified atom stereocenters. The number of ether oxygens (including phenoxy) is 2. The number of amides is 1. The molecule has 0 atom stereocenters. The molecule has 106 valence electrons. The third-order valence-electron chi connectivity index (χ3n) is 3.23. The van der Waals surface area contributed by atoms with E-state index < -0.39 is 5.41 Å². The summed E-state index contributed by atoms with van der Waals surface area (Å²) in [5, 5.41) is 14.7. The predicted octanol–water partition coefficient (Wildman–Crippen LogP) is -0.872. The summed E-state index contributed by atoms with van der Waals surface area (Å²) in [5.41, 5.74) is -0.406. The fourth-order valence-corrected chi connectivity index (χ4v) is 2.21. The Kier molecular flexibility index (Phi) is 7.19. The number of hydrogen-bond acceptors (Lipinski definition) is 5. The summed E-state index contributed by atoms with van der Waals surface area (Å²) >= 11 is 0. The largest absolute Gasteiger partial charge is 0.394 e. The number of aliphatic hydroxyl groups is 1. The van der Waals surface area contributed by atoms with Gasteiger partial charge in [-0.15, -0.1) is 0 Å². The third-order valence-corrected chi connectivity index (χ3v) is 3.23. The Bertz CT molecular complexity index is 237. The molecule has 1 fully saturated rings. The molecule has 0 bridgehead atoms. The van der Waals surface area contributed by atoms with Gasteiger partial charge < -0.3 is 25.2 Å². The fourth-order valence-electron chi connectivity index (χ4n) is 2.21. The lowest BCUT2D eigenvalue weighted by Crippen LogP contribution is -2.50. The monoisotopic (exact) mass is 260 g/mol. The molecule has 0 spiro atoms. The zero-order valence-corrected chi connectivity index (χ0v) is 11.0.